The molecule has 0 spiro atoms. The largest absolute Gasteiger partial charge is 0.383 e. The molecule has 0 unspecified atom stereocenters. The summed E-state index contributed by atoms with van der Waals surface area (Å²) >= 11 is 5.69. The normalized spacial score (nSPS) is 11.1. The smallest absolute Gasteiger partial charge is 0.278 e. The number of rotatable bonds is 4. The molecule has 0 atom stereocenters. The maximum atomic E-state index is 11.0. The minimum atomic E-state index is -0.561. The fourth-order valence-corrected chi connectivity index (χ4v) is 1.51. The van der Waals surface area contributed by atoms with Gasteiger partial charge in [-0.15, -0.1) is 0 Å². The van der Waals surface area contributed by atoms with Gasteiger partial charge in [0.2, 0.25) is 0 Å². The zero-order valence-corrected chi connectivity index (χ0v) is 10.1. The molecule has 5 nitrogen and oxygen atoms in total. The van der Waals surface area contributed by atoms with Crippen LogP contribution < -0.4 is 0 Å². The average Bonchev–Trinajstić information content (AvgIpc) is 2.25. The number of nitro benzene ring substituents is 1. The summed E-state index contributed by atoms with van der Waals surface area (Å²) in [6, 6.07) is 4.20. The molecule has 0 N–H and O–H groups in total. The van der Waals surface area contributed by atoms with Crippen molar-refractivity contribution in [3.63, 3.8) is 0 Å². The number of carbonyl (C=O) groups excluding carboxylic acids is 1. The van der Waals surface area contributed by atoms with Crippen LogP contribution in [0, 0.1) is 10.1 Å². The Hall–Kier alpha value is -1.88. The fourth-order valence-electron chi connectivity index (χ4n) is 1.34. The van der Waals surface area contributed by atoms with E-state index in [0.29, 0.717) is 6.29 Å². The molecule has 1 aromatic rings. The van der Waals surface area contributed by atoms with Gasteiger partial charge in [0.25, 0.3) is 5.69 Å². The van der Waals surface area contributed by atoms with Gasteiger partial charge in [0.05, 0.1) is 10.5 Å². The first kappa shape index (κ1) is 13.2. The first-order valence-electron chi connectivity index (χ1n) is 4.73. The Morgan fingerprint density at radius 1 is 1.47 bits per heavy atom. The SMILES string of the molecule is CN(C)C=C(C=O)c1ccc(Cl)cc1[N+](=O)[O-]. The highest BCUT2D eigenvalue weighted by Crippen LogP contribution is 2.28. The molecule has 0 bridgehead atoms. The van der Waals surface area contributed by atoms with Crippen molar-refractivity contribution in [2.75, 3.05) is 14.1 Å². The lowest BCUT2D eigenvalue weighted by Gasteiger charge is -2.08. The van der Waals surface area contributed by atoms with E-state index in [9.17, 15) is 14.9 Å². The summed E-state index contributed by atoms with van der Waals surface area (Å²) < 4.78 is 0. The lowest BCUT2D eigenvalue weighted by Crippen LogP contribution is -2.04. The maximum absolute atomic E-state index is 11.0. The Balaban J connectivity index is 3.38. The maximum Gasteiger partial charge on any atom is 0.278 e. The summed E-state index contributed by atoms with van der Waals surface area (Å²) in [5, 5.41) is 11.1. The minimum Gasteiger partial charge on any atom is -0.383 e. The highest BCUT2D eigenvalue weighted by molar-refractivity contribution is 6.31. The van der Waals surface area contributed by atoms with Crippen molar-refractivity contribution in [1.29, 1.82) is 0 Å². The molecule has 0 heterocycles. The Labute approximate surface area is 103 Å². The number of allylic oxidation sites excluding steroid dienone is 1. The molecule has 0 saturated carbocycles. The van der Waals surface area contributed by atoms with Gasteiger partial charge in [-0.2, -0.15) is 0 Å². The number of hydrogen-bond acceptors (Lipinski definition) is 4. The lowest BCUT2D eigenvalue weighted by molar-refractivity contribution is -0.385. The Morgan fingerprint density at radius 3 is 2.59 bits per heavy atom. The molecule has 0 aliphatic heterocycles. The molecule has 0 amide bonds. The summed E-state index contributed by atoms with van der Waals surface area (Å²) in [4.78, 5) is 22.9. The molecular weight excluding hydrogens is 244 g/mol. The molecular formula is C11H11ClN2O3. The van der Waals surface area contributed by atoms with Crippen LogP contribution in [0.25, 0.3) is 5.57 Å². The quantitative estimate of drug-likeness (QED) is 0.358. The van der Waals surface area contributed by atoms with Crippen molar-refractivity contribution in [3.8, 4) is 0 Å². The Morgan fingerprint density at radius 2 is 2.12 bits per heavy atom. The first-order valence-corrected chi connectivity index (χ1v) is 5.11. The highest BCUT2D eigenvalue weighted by Gasteiger charge is 2.17. The number of benzene rings is 1. The van der Waals surface area contributed by atoms with Crippen LogP contribution in [0.5, 0.6) is 0 Å². The van der Waals surface area contributed by atoms with Gasteiger partial charge in [-0.05, 0) is 12.1 Å². The van der Waals surface area contributed by atoms with Crippen molar-refractivity contribution in [3.05, 3.63) is 45.1 Å². The second-order valence-electron chi connectivity index (χ2n) is 3.58. The highest BCUT2D eigenvalue weighted by atomic mass is 35.5. The number of nitrogens with zero attached hydrogens (tertiary/aromatic N) is 2. The van der Waals surface area contributed by atoms with Crippen molar-refractivity contribution in [2.24, 2.45) is 0 Å². The third-order valence-electron chi connectivity index (χ3n) is 1.99. The minimum absolute atomic E-state index is 0.183. The monoisotopic (exact) mass is 254 g/mol. The molecule has 0 fully saturated rings. The number of aldehydes is 1. The second-order valence-corrected chi connectivity index (χ2v) is 4.02. The summed E-state index contributed by atoms with van der Waals surface area (Å²) in [6.07, 6.45) is 2.10. The van der Waals surface area contributed by atoms with Crippen molar-refractivity contribution < 1.29 is 9.72 Å². The predicted octanol–water partition coefficient (Wildman–Crippen LogP) is 2.35. The summed E-state index contributed by atoms with van der Waals surface area (Å²) in [5.74, 6) is 0. The van der Waals surface area contributed by atoms with E-state index >= 15 is 0 Å². The van der Waals surface area contributed by atoms with Crippen LogP contribution in [-0.2, 0) is 4.79 Å². The predicted molar refractivity (Wildman–Crippen MR) is 65.8 cm³/mol. The Bertz CT molecular complexity index is 484. The van der Waals surface area contributed by atoms with Crippen molar-refractivity contribution in [2.45, 2.75) is 0 Å². The van der Waals surface area contributed by atoms with Crippen LogP contribution in [0.1, 0.15) is 5.56 Å². The van der Waals surface area contributed by atoms with Gasteiger partial charge < -0.3 is 4.90 Å². The van der Waals surface area contributed by atoms with E-state index in [1.54, 1.807) is 19.0 Å². The van der Waals surface area contributed by atoms with E-state index in [-0.39, 0.29) is 21.8 Å². The third kappa shape index (κ3) is 3.29. The van der Waals surface area contributed by atoms with Gasteiger partial charge in [0.15, 0.2) is 6.29 Å². The van der Waals surface area contributed by atoms with Gasteiger partial charge in [-0.25, -0.2) is 0 Å². The van der Waals surface area contributed by atoms with Gasteiger partial charge in [-0.1, -0.05) is 11.6 Å². The number of halogens is 1. The van der Waals surface area contributed by atoms with E-state index in [4.69, 9.17) is 11.6 Å². The third-order valence-corrected chi connectivity index (χ3v) is 2.23. The van der Waals surface area contributed by atoms with Crippen molar-refractivity contribution >= 4 is 29.1 Å². The zero-order valence-electron chi connectivity index (χ0n) is 9.38. The van der Waals surface area contributed by atoms with E-state index in [2.05, 4.69) is 0 Å². The zero-order chi connectivity index (χ0) is 13.0. The summed E-state index contributed by atoms with van der Waals surface area (Å²) in [7, 11) is 3.45. The number of nitro groups is 1. The molecule has 6 heteroatoms. The van der Waals surface area contributed by atoms with Gasteiger partial charge >= 0.3 is 0 Å². The van der Waals surface area contributed by atoms with Gasteiger partial charge in [0, 0.05) is 37.0 Å². The van der Waals surface area contributed by atoms with Crippen LogP contribution in [0.3, 0.4) is 0 Å². The van der Waals surface area contributed by atoms with E-state index in [1.165, 1.54) is 24.4 Å². The topological polar surface area (TPSA) is 63.5 Å². The van der Waals surface area contributed by atoms with Gasteiger partial charge in [0.1, 0.15) is 0 Å². The summed E-state index contributed by atoms with van der Waals surface area (Å²) in [6.45, 7) is 0. The molecule has 1 rings (SSSR count). The van der Waals surface area contributed by atoms with E-state index in [0.717, 1.165) is 0 Å². The van der Waals surface area contributed by atoms with Crippen molar-refractivity contribution in [1.82, 2.24) is 4.90 Å². The standard InChI is InChI=1S/C11H11ClN2O3/c1-13(2)6-8(7-15)10-4-3-9(12)5-11(10)14(16)17/h3-7H,1-2H3. The molecule has 90 valence electrons. The second kappa shape index (κ2) is 5.45. The molecule has 0 aliphatic rings. The van der Waals surface area contributed by atoms with Crippen LogP contribution in [0.15, 0.2) is 24.4 Å². The average molecular weight is 255 g/mol. The molecule has 0 aromatic heterocycles. The lowest BCUT2D eigenvalue weighted by atomic mass is 10.1. The molecule has 0 radical (unpaired) electrons. The van der Waals surface area contributed by atoms with Crippen LogP contribution >= 0.6 is 11.6 Å². The summed E-state index contributed by atoms with van der Waals surface area (Å²) in [5.41, 5.74) is 0.305. The molecule has 1 aromatic carbocycles. The van der Waals surface area contributed by atoms with E-state index in [1.807, 2.05) is 0 Å². The van der Waals surface area contributed by atoms with Crippen LogP contribution in [0.2, 0.25) is 5.02 Å². The molecule has 0 saturated heterocycles. The molecule has 17 heavy (non-hydrogen) atoms. The van der Waals surface area contributed by atoms with Crippen LogP contribution in [0.4, 0.5) is 5.69 Å². The first-order chi connectivity index (χ1) is 7.95. The number of hydrogen-bond donors (Lipinski definition) is 0. The molecule has 0 aliphatic carbocycles. The Kier molecular flexibility index (Phi) is 4.23. The van der Waals surface area contributed by atoms with Gasteiger partial charge in [-0.3, -0.25) is 14.9 Å². The van der Waals surface area contributed by atoms with E-state index < -0.39 is 4.92 Å². The fraction of sp³-hybridized carbons (Fsp3) is 0.182. The number of carbonyl (C=O) groups is 1. The van der Waals surface area contributed by atoms with Crippen LogP contribution in [-0.4, -0.2) is 30.2 Å².